The predicted octanol–water partition coefficient (Wildman–Crippen LogP) is 2.14. The van der Waals surface area contributed by atoms with Crippen LogP contribution >= 0.6 is 0 Å². The molecular weight excluding hydrogens is 276 g/mol. The van der Waals surface area contributed by atoms with Crippen molar-refractivity contribution in [2.24, 2.45) is 22.2 Å². The Bertz CT molecular complexity index is 373. The molecule has 1 saturated carbocycles. The summed E-state index contributed by atoms with van der Waals surface area (Å²) in [5.74, 6) is 1.69. The van der Waals surface area contributed by atoms with E-state index >= 15 is 0 Å². The molecule has 128 valence electrons. The molecule has 5 nitrogen and oxygen atoms in total. The van der Waals surface area contributed by atoms with Crippen LogP contribution in [0.25, 0.3) is 0 Å². The highest BCUT2D eigenvalue weighted by Crippen LogP contribution is 2.45. The van der Waals surface area contributed by atoms with Crippen LogP contribution in [0.1, 0.15) is 53.4 Å². The van der Waals surface area contributed by atoms with Crippen LogP contribution < -0.4 is 16.0 Å². The second-order valence-corrected chi connectivity index (χ2v) is 7.25. The third kappa shape index (κ3) is 6.24. The van der Waals surface area contributed by atoms with Gasteiger partial charge >= 0.3 is 0 Å². The minimum atomic E-state index is 0.0342. The van der Waals surface area contributed by atoms with Gasteiger partial charge in [0.1, 0.15) is 0 Å². The van der Waals surface area contributed by atoms with Crippen molar-refractivity contribution >= 4 is 11.9 Å². The largest absolute Gasteiger partial charge is 0.356 e. The summed E-state index contributed by atoms with van der Waals surface area (Å²) >= 11 is 0. The van der Waals surface area contributed by atoms with E-state index in [4.69, 9.17) is 0 Å². The van der Waals surface area contributed by atoms with Crippen LogP contribution in [0.4, 0.5) is 0 Å². The molecule has 0 aromatic heterocycles. The number of hydrogen-bond donors (Lipinski definition) is 3. The molecule has 0 radical (unpaired) electrons. The summed E-state index contributed by atoms with van der Waals surface area (Å²) in [6.07, 6.45) is 5.27. The Hall–Kier alpha value is -1.26. The highest BCUT2D eigenvalue weighted by atomic mass is 16.1. The molecule has 3 N–H and O–H groups in total. The molecule has 0 heterocycles. The number of carbonyl (C=O) groups excluding carboxylic acids is 1. The zero-order chi connectivity index (χ0) is 16.6. The van der Waals surface area contributed by atoms with E-state index in [-0.39, 0.29) is 11.8 Å². The molecule has 22 heavy (non-hydrogen) atoms. The summed E-state index contributed by atoms with van der Waals surface area (Å²) in [5.41, 5.74) is 0.456. The second kappa shape index (κ2) is 9.01. The highest BCUT2D eigenvalue weighted by molar-refractivity contribution is 5.80. The lowest BCUT2D eigenvalue weighted by Gasteiger charge is -2.43. The lowest BCUT2D eigenvalue weighted by molar-refractivity contribution is -0.123. The summed E-state index contributed by atoms with van der Waals surface area (Å²) in [5, 5.41) is 9.61. The van der Waals surface area contributed by atoms with E-state index < -0.39 is 0 Å². The van der Waals surface area contributed by atoms with Gasteiger partial charge in [0.2, 0.25) is 5.91 Å². The first-order chi connectivity index (χ1) is 10.4. The molecule has 0 bridgehead atoms. The fourth-order valence-electron chi connectivity index (χ4n) is 3.06. The summed E-state index contributed by atoms with van der Waals surface area (Å²) in [6.45, 7) is 10.7. The summed E-state index contributed by atoms with van der Waals surface area (Å²) in [7, 11) is 1.79. The summed E-state index contributed by atoms with van der Waals surface area (Å²) < 4.78 is 0. The van der Waals surface area contributed by atoms with Gasteiger partial charge in [0, 0.05) is 32.6 Å². The standard InChI is InChI=1S/C17H34N4O/c1-13(2)11-17(7-6-8-17)12-21-16(18-5)20-10-9-19-15(22)14(3)4/h13-14H,6-12H2,1-5H3,(H,19,22)(H2,18,20,21). The maximum Gasteiger partial charge on any atom is 0.222 e. The molecule has 0 atom stereocenters. The Morgan fingerprint density at radius 3 is 2.18 bits per heavy atom. The van der Waals surface area contributed by atoms with Crippen LogP contribution in [0, 0.1) is 17.3 Å². The Kier molecular flexibility index (Phi) is 7.69. The van der Waals surface area contributed by atoms with Gasteiger partial charge in [-0.25, -0.2) is 0 Å². The molecule has 0 aliphatic heterocycles. The quantitative estimate of drug-likeness (QED) is 0.365. The molecule has 1 rings (SSSR count). The monoisotopic (exact) mass is 310 g/mol. The van der Waals surface area contributed by atoms with Crippen molar-refractivity contribution in [3.8, 4) is 0 Å². The summed E-state index contributed by atoms with van der Waals surface area (Å²) in [6, 6.07) is 0. The van der Waals surface area contributed by atoms with E-state index in [1.165, 1.54) is 25.7 Å². The molecule has 1 aliphatic rings. The molecule has 1 aliphatic carbocycles. The van der Waals surface area contributed by atoms with E-state index in [9.17, 15) is 4.79 Å². The van der Waals surface area contributed by atoms with Crippen LogP contribution in [0.3, 0.4) is 0 Å². The van der Waals surface area contributed by atoms with Gasteiger partial charge in [0.15, 0.2) is 5.96 Å². The van der Waals surface area contributed by atoms with E-state index in [0.29, 0.717) is 18.5 Å². The second-order valence-electron chi connectivity index (χ2n) is 7.25. The Labute approximate surface area is 135 Å². The first kappa shape index (κ1) is 18.8. The maximum atomic E-state index is 11.5. The normalized spacial score (nSPS) is 17.3. The number of rotatable bonds is 8. The predicted molar refractivity (Wildman–Crippen MR) is 93.0 cm³/mol. The average molecular weight is 310 g/mol. The lowest BCUT2D eigenvalue weighted by atomic mass is 9.64. The molecule has 1 amide bonds. The zero-order valence-corrected chi connectivity index (χ0v) is 15.0. The van der Waals surface area contributed by atoms with Gasteiger partial charge in [-0.3, -0.25) is 9.79 Å². The van der Waals surface area contributed by atoms with Crippen LogP contribution in [-0.2, 0) is 4.79 Å². The molecule has 5 heteroatoms. The van der Waals surface area contributed by atoms with Crippen molar-refractivity contribution in [1.29, 1.82) is 0 Å². The van der Waals surface area contributed by atoms with Gasteiger partial charge in [-0.2, -0.15) is 0 Å². The maximum absolute atomic E-state index is 11.5. The van der Waals surface area contributed by atoms with Crippen LogP contribution in [0.2, 0.25) is 0 Å². The summed E-state index contributed by atoms with van der Waals surface area (Å²) in [4.78, 5) is 15.7. The molecule has 0 unspecified atom stereocenters. The number of aliphatic imine (C=N–C) groups is 1. The number of nitrogens with one attached hydrogen (secondary N) is 3. The fraction of sp³-hybridized carbons (Fsp3) is 0.882. The number of amides is 1. The van der Waals surface area contributed by atoms with Gasteiger partial charge in [0.05, 0.1) is 0 Å². The first-order valence-corrected chi connectivity index (χ1v) is 8.61. The van der Waals surface area contributed by atoms with Gasteiger partial charge in [-0.05, 0) is 30.6 Å². The number of nitrogens with zero attached hydrogens (tertiary/aromatic N) is 1. The molecular formula is C17H34N4O. The van der Waals surface area contributed by atoms with Gasteiger partial charge in [-0.15, -0.1) is 0 Å². The Morgan fingerprint density at radius 1 is 1.09 bits per heavy atom. The third-order valence-corrected chi connectivity index (χ3v) is 4.35. The molecule has 0 spiro atoms. The number of hydrogen-bond acceptors (Lipinski definition) is 2. The van der Waals surface area contributed by atoms with E-state index in [1.807, 2.05) is 13.8 Å². The number of carbonyl (C=O) groups is 1. The van der Waals surface area contributed by atoms with Crippen LogP contribution in [0.15, 0.2) is 4.99 Å². The first-order valence-electron chi connectivity index (χ1n) is 8.61. The van der Waals surface area contributed by atoms with Crippen molar-refractivity contribution < 1.29 is 4.79 Å². The average Bonchev–Trinajstić information content (AvgIpc) is 2.42. The van der Waals surface area contributed by atoms with Crippen molar-refractivity contribution in [1.82, 2.24) is 16.0 Å². The van der Waals surface area contributed by atoms with Crippen LogP contribution in [0.5, 0.6) is 0 Å². The fourth-order valence-corrected chi connectivity index (χ4v) is 3.06. The molecule has 0 aromatic carbocycles. The molecule has 0 aromatic rings. The Balaban J connectivity index is 2.26. The number of guanidine groups is 1. The minimum absolute atomic E-state index is 0.0342. The van der Waals surface area contributed by atoms with Gasteiger partial charge < -0.3 is 16.0 Å². The van der Waals surface area contributed by atoms with Crippen molar-refractivity contribution in [2.75, 3.05) is 26.7 Å². The van der Waals surface area contributed by atoms with Crippen molar-refractivity contribution in [2.45, 2.75) is 53.4 Å². The SMILES string of the molecule is CN=C(NCCNC(=O)C(C)C)NCC1(CC(C)C)CCC1. The molecule has 1 fully saturated rings. The smallest absolute Gasteiger partial charge is 0.222 e. The van der Waals surface area contributed by atoms with Crippen molar-refractivity contribution in [3.05, 3.63) is 0 Å². The minimum Gasteiger partial charge on any atom is -0.356 e. The third-order valence-electron chi connectivity index (χ3n) is 4.35. The van der Waals surface area contributed by atoms with E-state index in [1.54, 1.807) is 7.05 Å². The lowest BCUT2D eigenvalue weighted by Crippen LogP contribution is -2.48. The van der Waals surface area contributed by atoms with Gasteiger partial charge in [-0.1, -0.05) is 34.1 Å². The molecule has 0 saturated heterocycles. The van der Waals surface area contributed by atoms with E-state index in [2.05, 4.69) is 34.8 Å². The van der Waals surface area contributed by atoms with Crippen molar-refractivity contribution in [3.63, 3.8) is 0 Å². The van der Waals surface area contributed by atoms with E-state index in [0.717, 1.165) is 18.4 Å². The topological polar surface area (TPSA) is 65.5 Å². The van der Waals surface area contributed by atoms with Crippen LogP contribution in [-0.4, -0.2) is 38.5 Å². The zero-order valence-electron chi connectivity index (χ0n) is 15.0. The Morgan fingerprint density at radius 2 is 1.73 bits per heavy atom. The van der Waals surface area contributed by atoms with Gasteiger partial charge in [0.25, 0.3) is 0 Å². The highest BCUT2D eigenvalue weighted by Gasteiger charge is 2.37.